The highest BCUT2D eigenvalue weighted by atomic mass is 35.5. The number of ether oxygens (including phenoxy) is 2. The number of hydrogen-bond donors (Lipinski definition) is 2. The molecule has 3 N–H and O–H groups in total. The second kappa shape index (κ2) is 11.3. The Morgan fingerprint density at radius 1 is 1.15 bits per heavy atom. The van der Waals surface area contributed by atoms with Crippen LogP contribution in [0.1, 0.15) is 36.0 Å². The molecule has 0 radical (unpaired) electrons. The highest BCUT2D eigenvalue weighted by Gasteiger charge is 2.35. The molecule has 1 aliphatic rings. The van der Waals surface area contributed by atoms with Crippen LogP contribution in [0.2, 0.25) is 5.02 Å². The summed E-state index contributed by atoms with van der Waals surface area (Å²) >= 11 is 5.99. The van der Waals surface area contributed by atoms with E-state index in [2.05, 4.69) is 10.3 Å². The number of allylic oxidation sites excluding steroid dienone is 2. The molecule has 182 valence electrons. The highest BCUT2D eigenvalue weighted by Crippen LogP contribution is 2.31. The van der Waals surface area contributed by atoms with Gasteiger partial charge in [-0.2, -0.15) is 13.2 Å². The molecule has 1 aliphatic carbocycles. The number of halogens is 4. The second-order valence-corrected chi connectivity index (χ2v) is 8.03. The van der Waals surface area contributed by atoms with Crippen LogP contribution in [0.3, 0.4) is 0 Å². The van der Waals surface area contributed by atoms with E-state index in [9.17, 15) is 18.0 Å². The third-order valence-corrected chi connectivity index (χ3v) is 5.49. The van der Waals surface area contributed by atoms with E-state index in [1.54, 1.807) is 42.5 Å². The number of nitrogens with one attached hydrogen (secondary N) is 1. The van der Waals surface area contributed by atoms with Gasteiger partial charge >= 0.3 is 6.18 Å². The molecule has 0 spiro atoms. The third-order valence-electron chi connectivity index (χ3n) is 5.26. The number of hydrogen-bond acceptors (Lipinski definition) is 5. The number of anilines is 1. The first-order valence-electron chi connectivity index (χ1n) is 10.7. The molecule has 0 bridgehead atoms. The third kappa shape index (κ3) is 6.66. The van der Waals surface area contributed by atoms with Crippen molar-refractivity contribution in [3.63, 3.8) is 0 Å². The Balaban J connectivity index is 1.57. The quantitative estimate of drug-likeness (QED) is 0.477. The van der Waals surface area contributed by atoms with Gasteiger partial charge in [0.2, 0.25) is 0 Å². The van der Waals surface area contributed by atoms with Crippen LogP contribution in [-0.2, 0) is 0 Å². The van der Waals surface area contributed by atoms with E-state index in [1.165, 1.54) is 7.11 Å². The Morgan fingerprint density at radius 2 is 1.85 bits per heavy atom. The lowest BCUT2D eigenvalue weighted by molar-refractivity contribution is -0.0933. The number of methoxy groups -OCH3 is 1. The monoisotopic (exact) mass is 495 g/mol. The van der Waals surface area contributed by atoms with Crippen LogP contribution in [0.25, 0.3) is 0 Å². The van der Waals surface area contributed by atoms with Gasteiger partial charge in [0.15, 0.2) is 0 Å². The van der Waals surface area contributed by atoms with Gasteiger partial charge in [-0.1, -0.05) is 11.6 Å². The molecule has 34 heavy (non-hydrogen) atoms. The summed E-state index contributed by atoms with van der Waals surface area (Å²) in [5.74, 6) is 0.635. The van der Waals surface area contributed by atoms with Gasteiger partial charge in [0, 0.05) is 21.9 Å². The number of aliphatic imine (C=N–C) groups is 1. The summed E-state index contributed by atoms with van der Waals surface area (Å²) in [7, 11) is 1.49. The number of benzene rings is 2. The largest absolute Gasteiger partial charge is 0.495 e. The molecular weight excluding hydrogens is 471 g/mol. The van der Waals surface area contributed by atoms with E-state index in [0.717, 1.165) is 6.42 Å². The minimum Gasteiger partial charge on any atom is -0.495 e. The molecule has 0 unspecified atom stereocenters. The second-order valence-electron chi connectivity index (χ2n) is 7.60. The van der Waals surface area contributed by atoms with Crippen molar-refractivity contribution in [2.45, 2.75) is 31.9 Å². The first-order valence-corrected chi connectivity index (χ1v) is 11.0. The minimum absolute atomic E-state index is 0.0884. The number of amides is 1. The Kier molecular flexibility index (Phi) is 8.44. The van der Waals surface area contributed by atoms with E-state index in [0.29, 0.717) is 46.3 Å². The van der Waals surface area contributed by atoms with Crippen molar-refractivity contribution in [1.82, 2.24) is 0 Å². The standard InChI is InChI=1S/C24H25ClF3N3O3/c1-33-21-11-8-16(25)14-20(21)31-23(32)15-6-9-17(10-7-15)34-13-12-30-19-5-3-2-4-18(19)22(29)24(26,27)28/h6-11,14H,2-5,12-13,29H2,1H3,(H,31,32). The summed E-state index contributed by atoms with van der Waals surface area (Å²) < 4.78 is 49.8. The average molecular weight is 496 g/mol. The summed E-state index contributed by atoms with van der Waals surface area (Å²) in [6.45, 7) is 0.370. The molecule has 0 aliphatic heterocycles. The molecule has 1 saturated carbocycles. The summed E-state index contributed by atoms with van der Waals surface area (Å²) in [6, 6.07) is 11.4. The average Bonchev–Trinajstić information content (AvgIpc) is 2.81. The Hall–Kier alpha value is -3.20. The van der Waals surface area contributed by atoms with Crippen molar-refractivity contribution in [3.05, 3.63) is 64.3 Å². The molecule has 3 rings (SSSR count). The predicted molar refractivity (Wildman–Crippen MR) is 126 cm³/mol. The number of rotatable bonds is 7. The molecule has 0 atom stereocenters. The molecule has 0 aromatic heterocycles. The Labute approximate surface area is 200 Å². The van der Waals surface area contributed by atoms with Crippen molar-refractivity contribution >= 4 is 28.9 Å². The van der Waals surface area contributed by atoms with Gasteiger partial charge in [0.1, 0.15) is 23.8 Å². The first-order chi connectivity index (χ1) is 16.2. The smallest absolute Gasteiger partial charge is 0.431 e. The summed E-state index contributed by atoms with van der Waals surface area (Å²) in [4.78, 5) is 16.8. The lowest BCUT2D eigenvalue weighted by Gasteiger charge is -2.21. The summed E-state index contributed by atoms with van der Waals surface area (Å²) in [5, 5.41) is 3.21. The van der Waals surface area contributed by atoms with E-state index in [1.807, 2.05) is 0 Å². The maximum atomic E-state index is 13.0. The van der Waals surface area contributed by atoms with Crippen LogP contribution in [0.5, 0.6) is 11.5 Å². The van der Waals surface area contributed by atoms with Gasteiger partial charge in [-0.3, -0.25) is 9.79 Å². The molecule has 0 heterocycles. The molecule has 0 saturated heterocycles. The van der Waals surface area contributed by atoms with Crippen molar-refractivity contribution in [3.8, 4) is 11.5 Å². The van der Waals surface area contributed by atoms with Crippen LogP contribution in [-0.4, -0.2) is 38.1 Å². The SMILES string of the molecule is COc1ccc(Cl)cc1NC(=O)c1ccc(OCCN=C2CCCCC2=C(N)C(F)(F)F)cc1. The van der Waals surface area contributed by atoms with Gasteiger partial charge in [-0.05, 0) is 68.1 Å². The van der Waals surface area contributed by atoms with Crippen LogP contribution >= 0.6 is 11.6 Å². The number of carbonyl (C=O) groups excluding carboxylic acids is 1. The minimum atomic E-state index is -4.56. The van der Waals surface area contributed by atoms with E-state index < -0.39 is 11.9 Å². The molecule has 10 heteroatoms. The number of carbonyl (C=O) groups is 1. The predicted octanol–water partition coefficient (Wildman–Crippen LogP) is 5.77. The number of alkyl halides is 3. The molecule has 2 aromatic rings. The first kappa shape index (κ1) is 25.4. The fraction of sp³-hybridized carbons (Fsp3) is 0.333. The molecular formula is C24H25ClF3N3O3. The topological polar surface area (TPSA) is 85.9 Å². The highest BCUT2D eigenvalue weighted by molar-refractivity contribution is 6.31. The summed E-state index contributed by atoms with van der Waals surface area (Å²) in [5.41, 5.74) is 5.59. The van der Waals surface area contributed by atoms with Crippen LogP contribution in [0, 0.1) is 0 Å². The number of nitrogens with zero attached hydrogens (tertiary/aromatic N) is 1. The van der Waals surface area contributed by atoms with Crippen LogP contribution < -0.4 is 20.5 Å². The molecule has 1 amide bonds. The zero-order chi connectivity index (χ0) is 24.7. The van der Waals surface area contributed by atoms with Crippen molar-refractivity contribution in [1.29, 1.82) is 0 Å². The molecule has 6 nitrogen and oxygen atoms in total. The van der Waals surface area contributed by atoms with E-state index in [4.69, 9.17) is 26.8 Å². The molecule has 1 fully saturated rings. The maximum absolute atomic E-state index is 13.0. The lowest BCUT2D eigenvalue weighted by atomic mass is 9.91. The normalized spacial score (nSPS) is 16.8. The van der Waals surface area contributed by atoms with Gasteiger partial charge in [-0.15, -0.1) is 0 Å². The maximum Gasteiger partial charge on any atom is 0.431 e. The van der Waals surface area contributed by atoms with Gasteiger partial charge < -0.3 is 20.5 Å². The Morgan fingerprint density at radius 3 is 2.53 bits per heavy atom. The van der Waals surface area contributed by atoms with Crippen molar-refractivity contribution in [2.75, 3.05) is 25.6 Å². The number of nitrogens with two attached hydrogens (primary N) is 1. The van der Waals surface area contributed by atoms with Crippen LogP contribution in [0.15, 0.2) is 58.7 Å². The van der Waals surface area contributed by atoms with E-state index >= 15 is 0 Å². The van der Waals surface area contributed by atoms with Gasteiger partial charge in [-0.25, -0.2) is 0 Å². The zero-order valence-corrected chi connectivity index (χ0v) is 19.3. The fourth-order valence-corrected chi connectivity index (χ4v) is 3.72. The lowest BCUT2D eigenvalue weighted by Crippen LogP contribution is -2.26. The van der Waals surface area contributed by atoms with Crippen molar-refractivity contribution in [2.24, 2.45) is 10.7 Å². The van der Waals surface area contributed by atoms with Crippen LogP contribution in [0.4, 0.5) is 18.9 Å². The molecule has 2 aromatic carbocycles. The zero-order valence-electron chi connectivity index (χ0n) is 18.5. The van der Waals surface area contributed by atoms with Crippen molar-refractivity contribution < 1.29 is 27.4 Å². The summed E-state index contributed by atoms with van der Waals surface area (Å²) in [6.07, 6.45) is -2.39. The van der Waals surface area contributed by atoms with Gasteiger partial charge in [0.25, 0.3) is 5.91 Å². The Bertz CT molecular complexity index is 1080. The fourth-order valence-electron chi connectivity index (χ4n) is 3.54. The van der Waals surface area contributed by atoms with Gasteiger partial charge in [0.05, 0.1) is 19.3 Å². The van der Waals surface area contributed by atoms with E-state index in [-0.39, 0.29) is 31.1 Å².